The highest BCUT2D eigenvalue weighted by Crippen LogP contribution is 2.38. The smallest absolute Gasteiger partial charge is 0.325 e. The minimum absolute atomic E-state index is 0.0284. The van der Waals surface area contributed by atoms with E-state index >= 15 is 0 Å². The molecular formula is C19H19Cl2NO5S. The van der Waals surface area contributed by atoms with Crippen LogP contribution in [-0.2, 0) is 27.7 Å². The predicted octanol–water partition coefficient (Wildman–Crippen LogP) is 3.68. The fourth-order valence-electron chi connectivity index (χ4n) is 3.28. The number of sulfonamides is 1. The number of ether oxygens (including phenoxy) is 1. The number of hydrogen-bond donors (Lipinski definition) is 2. The van der Waals surface area contributed by atoms with Crippen LogP contribution >= 0.6 is 23.2 Å². The summed E-state index contributed by atoms with van der Waals surface area (Å²) in [6.45, 7) is 3.45. The number of hydrogen-bond acceptors (Lipinski definition) is 4. The monoisotopic (exact) mass is 443 g/mol. The Morgan fingerprint density at radius 3 is 2.25 bits per heavy atom. The molecule has 0 saturated heterocycles. The molecule has 0 saturated carbocycles. The van der Waals surface area contributed by atoms with Crippen molar-refractivity contribution in [1.29, 1.82) is 0 Å². The number of carbonyl (C=O) groups is 1. The lowest BCUT2D eigenvalue weighted by molar-refractivity contribution is -0.143. The molecule has 3 rings (SSSR count). The zero-order valence-electron chi connectivity index (χ0n) is 15.2. The van der Waals surface area contributed by atoms with E-state index in [0.717, 1.165) is 11.1 Å². The molecule has 0 aromatic heterocycles. The van der Waals surface area contributed by atoms with Crippen molar-refractivity contribution in [1.82, 2.24) is 4.72 Å². The summed E-state index contributed by atoms with van der Waals surface area (Å²) in [5.74, 6) is -1.32. The number of benzene rings is 2. The van der Waals surface area contributed by atoms with Crippen molar-refractivity contribution in [2.75, 3.05) is 0 Å². The van der Waals surface area contributed by atoms with Crippen LogP contribution in [0.15, 0.2) is 41.3 Å². The molecule has 2 aromatic carbocycles. The molecule has 0 radical (unpaired) electrons. The van der Waals surface area contributed by atoms with Crippen LogP contribution in [0.1, 0.15) is 25.0 Å². The van der Waals surface area contributed by atoms with Gasteiger partial charge in [0.15, 0.2) is 5.75 Å². The largest absolute Gasteiger partial charge is 0.488 e. The number of aliphatic carboxylic acids is 1. The van der Waals surface area contributed by atoms with Crippen LogP contribution in [0.3, 0.4) is 0 Å². The zero-order chi connectivity index (χ0) is 20.7. The molecule has 1 aliphatic carbocycles. The minimum atomic E-state index is -4.31. The summed E-state index contributed by atoms with van der Waals surface area (Å²) >= 11 is 12.2. The maximum Gasteiger partial charge on any atom is 0.325 e. The number of halogens is 2. The third kappa shape index (κ3) is 3.98. The van der Waals surface area contributed by atoms with Crippen LogP contribution in [0.5, 0.6) is 5.75 Å². The normalized spacial score (nSPS) is 15.5. The van der Waals surface area contributed by atoms with E-state index in [4.69, 9.17) is 27.9 Å². The van der Waals surface area contributed by atoms with E-state index in [1.54, 1.807) is 38.1 Å². The van der Waals surface area contributed by atoms with Crippen molar-refractivity contribution >= 4 is 39.2 Å². The lowest BCUT2D eigenvalue weighted by Gasteiger charge is -2.26. The molecule has 0 aliphatic heterocycles. The third-order valence-electron chi connectivity index (χ3n) is 4.46. The van der Waals surface area contributed by atoms with E-state index in [0.29, 0.717) is 0 Å². The van der Waals surface area contributed by atoms with Gasteiger partial charge in [0.25, 0.3) is 0 Å². The number of rotatable bonds is 6. The SMILES string of the molecule is CC(C)Oc1c(Cl)cc(Cl)cc1S(=O)(=O)NC1(C(=O)O)Cc2ccccc2C1. The first-order valence-corrected chi connectivity index (χ1v) is 10.8. The number of carboxylic acid groups (broad SMARTS) is 1. The second-order valence-corrected chi connectivity index (χ2v) is 9.49. The number of nitrogens with one attached hydrogen (secondary N) is 1. The van der Waals surface area contributed by atoms with Crippen molar-refractivity contribution in [3.63, 3.8) is 0 Å². The summed E-state index contributed by atoms with van der Waals surface area (Å²) in [5, 5.41) is 9.99. The third-order valence-corrected chi connectivity index (χ3v) is 6.50. The van der Waals surface area contributed by atoms with Crippen LogP contribution in [0.2, 0.25) is 10.0 Å². The lowest BCUT2D eigenvalue weighted by Crippen LogP contribution is -2.55. The molecule has 9 heteroatoms. The van der Waals surface area contributed by atoms with Crippen LogP contribution in [0.25, 0.3) is 0 Å². The molecule has 2 aromatic rings. The first-order chi connectivity index (χ1) is 13.0. The highest BCUT2D eigenvalue weighted by Gasteiger charge is 2.47. The van der Waals surface area contributed by atoms with Gasteiger partial charge in [-0.25, -0.2) is 8.42 Å². The Kier molecular flexibility index (Phi) is 5.64. The molecular weight excluding hydrogens is 425 g/mol. The number of carboxylic acids is 1. The quantitative estimate of drug-likeness (QED) is 0.709. The van der Waals surface area contributed by atoms with Gasteiger partial charge in [0.1, 0.15) is 10.4 Å². The van der Waals surface area contributed by atoms with Gasteiger partial charge in [0.2, 0.25) is 10.0 Å². The zero-order valence-corrected chi connectivity index (χ0v) is 17.5. The van der Waals surface area contributed by atoms with Gasteiger partial charge in [0.05, 0.1) is 11.1 Å². The molecule has 0 heterocycles. The van der Waals surface area contributed by atoms with Gasteiger partial charge in [-0.15, -0.1) is 0 Å². The van der Waals surface area contributed by atoms with Gasteiger partial charge in [0, 0.05) is 17.9 Å². The summed E-state index contributed by atoms with van der Waals surface area (Å²) in [5.41, 5.74) is -0.127. The Morgan fingerprint density at radius 2 is 1.75 bits per heavy atom. The van der Waals surface area contributed by atoms with Crippen LogP contribution in [-0.4, -0.2) is 31.1 Å². The molecule has 0 amide bonds. The van der Waals surface area contributed by atoms with Gasteiger partial charge in [-0.3, -0.25) is 4.79 Å². The van der Waals surface area contributed by atoms with E-state index in [9.17, 15) is 18.3 Å². The van der Waals surface area contributed by atoms with E-state index < -0.39 is 21.5 Å². The first kappa shape index (κ1) is 20.9. The van der Waals surface area contributed by atoms with Crippen molar-refractivity contribution in [3.05, 3.63) is 57.6 Å². The molecule has 150 valence electrons. The van der Waals surface area contributed by atoms with Gasteiger partial charge in [-0.05, 0) is 37.1 Å². The summed E-state index contributed by atoms with van der Waals surface area (Å²) in [6, 6.07) is 9.73. The lowest BCUT2D eigenvalue weighted by atomic mass is 9.98. The summed E-state index contributed by atoms with van der Waals surface area (Å²) in [7, 11) is -4.31. The van der Waals surface area contributed by atoms with Crippen molar-refractivity contribution in [2.24, 2.45) is 0 Å². The Morgan fingerprint density at radius 1 is 1.18 bits per heavy atom. The second kappa shape index (κ2) is 7.55. The molecule has 6 nitrogen and oxygen atoms in total. The number of fused-ring (bicyclic) bond motifs is 1. The molecule has 2 N–H and O–H groups in total. The first-order valence-electron chi connectivity index (χ1n) is 8.54. The molecule has 0 bridgehead atoms. The van der Waals surface area contributed by atoms with E-state index in [2.05, 4.69) is 4.72 Å². The summed E-state index contributed by atoms with van der Waals surface area (Å²) < 4.78 is 34.3. The molecule has 0 unspecified atom stereocenters. The Bertz CT molecular complexity index is 1010. The Balaban J connectivity index is 2.05. The topological polar surface area (TPSA) is 92.7 Å². The van der Waals surface area contributed by atoms with Crippen LogP contribution < -0.4 is 9.46 Å². The second-order valence-electron chi connectivity index (χ2n) is 7.00. The van der Waals surface area contributed by atoms with Crippen LogP contribution in [0, 0.1) is 0 Å². The summed E-state index contributed by atoms with van der Waals surface area (Å²) in [4.78, 5) is 11.8. The molecule has 0 spiro atoms. The van der Waals surface area contributed by atoms with Crippen molar-refractivity contribution in [2.45, 2.75) is 43.2 Å². The molecule has 28 heavy (non-hydrogen) atoms. The molecule has 0 fully saturated rings. The van der Waals surface area contributed by atoms with Crippen molar-refractivity contribution < 1.29 is 23.1 Å². The van der Waals surface area contributed by atoms with Gasteiger partial charge >= 0.3 is 5.97 Å². The summed E-state index contributed by atoms with van der Waals surface area (Å²) in [6.07, 6.45) is -0.282. The molecule has 0 atom stereocenters. The van der Waals surface area contributed by atoms with Crippen LogP contribution in [0.4, 0.5) is 0 Å². The van der Waals surface area contributed by atoms with Gasteiger partial charge in [-0.1, -0.05) is 47.5 Å². The highest BCUT2D eigenvalue weighted by molar-refractivity contribution is 7.89. The molecule has 1 aliphatic rings. The minimum Gasteiger partial charge on any atom is -0.488 e. The van der Waals surface area contributed by atoms with Gasteiger partial charge < -0.3 is 9.84 Å². The Hall–Kier alpha value is -1.80. The van der Waals surface area contributed by atoms with E-state index in [-0.39, 0.29) is 39.6 Å². The Labute approximate surface area is 173 Å². The van der Waals surface area contributed by atoms with E-state index in [1.165, 1.54) is 12.1 Å². The predicted molar refractivity (Wildman–Crippen MR) is 107 cm³/mol. The maximum absolute atomic E-state index is 13.2. The fraction of sp³-hybridized carbons (Fsp3) is 0.316. The standard InChI is InChI=1S/C19H19Cl2NO5S/c1-11(2)27-17-15(21)7-14(20)8-16(17)28(25,26)22-19(18(23)24)9-12-5-3-4-6-13(12)10-19/h3-8,11,22H,9-10H2,1-2H3,(H,23,24). The van der Waals surface area contributed by atoms with Gasteiger partial charge in [-0.2, -0.15) is 4.72 Å². The fourth-order valence-corrected chi connectivity index (χ4v) is 5.48. The van der Waals surface area contributed by atoms with Crippen molar-refractivity contribution in [3.8, 4) is 5.75 Å². The van der Waals surface area contributed by atoms with E-state index in [1.807, 2.05) is 0 Å². The maximum atomic E-state index is 13.2. The average Bonchev–Trinajstić information content (AvgIpc) is 2.95. The highest BCUT2D eigenvalue weighted by atomic mass is 35.5. The average molecular weight is 444 g/mol.